The molecule has 12 heavy (non-hydrogen) atoms. The average Bonchev–Trinajstić information content (AvgIpc) is 2.25. The molecule has 0 saturated carbocycles. The standard InChI is InChI=1S/C10H12O2/c1-10(12)8-5-3-2-4-7(8)6-9(10)11/h2-5,9,11-12H,6H2,1H3. The summed E-state index contributed by atoms with van der Waals surface area (Å²) in [6.07, 6.45) is -0.0988. The molecule has 0 bridgehead atoms. The Balaban J connectivity index is 2.55. The van der Waals surface area contributed by atoms with Crippen molar-refractivity contribution in [3.8, 4) is 0 Å². The van der Waals surface area contributed by atoms with Gasteiger partial charge in [-0.2, -0.15) is 0 Å². The highest BCUT2D eigenvalue weighted by atomic mass is 16.3. The SMILES string of the molecule is CC1(O)c2ccccc2CC1O. The minimum atomic E-state index is -1.06. The molecule has 0 spiro atoms. The van der Waals surface area contributed by atoms with Gasteiger partial charge in [-0.1, -0.05) is 24.3 Å². The molecule has 0 radical (unpaired) electrons. The second-order valence-corrected chi connectivity index (χ2v) is 3.52. The number of hydrogen-bond donors (Lipinski definition) is 2. The van der Waals surface area contributed by atoms with Gasteiger partial charge in [0.1, 0.15) is 5.60 Å². The zero-order valence-corrected chi connectivity index (χ0v) is 6.99. The van der Waals surface area contributed by atoms with E-state index in [2.05, 4.69) is 0 Å². The third kappa shape index (κ3) is 0.886. The number of hydrogen-bond acceptors (Lipinski definition) is 2. The molecule has 2 rings (SSSR count). The van der Waals surface area contributed by atoms with E-state index >= 15 is 0 Å². The first kappa shape index (κ1) is 7.77. The van der Waals surface area contributed by atoms with E-state index in [4.69, 9.17) is 0 Å². The molecule has 0 aliphatic heterocycles. The van der Waals surface area contributed by atoms with Crippen molar-refractivity contribution in [2.75, 3.05) is 0 Å². The molecule has 2 unspecified atom stereocenters. The van der Waals surface area contributed by atoms with E-state index in [9.17, 15) is 10.2 Å². The van der Waals surface area contributed by atoms with E-state index in [0.29, 0.717) is 6.42 Å². The van der Waals surface area contributed by atoms with Crippen molar-refractivity contribution in [1.29, 1.82) is 0 Å². The number of rotatable bonds is 0. The molecule has 1 aliphatic carbocycles. The number of aliphatic hydroxyl groups is 2. The average molecular weight is 164 g/mol. The summed E-state index contributed by atoms with van der Waals surface area (Å²) in [5.41, 5.74) is 0.851. The zero-order chi connectivity index (χ0) is 8.77. The van der Waals surface area contributed by atoms with E-state index in [0.717, 1.165) is 11.1 Å². The van der Waals surface area contributed by atoms with Gasteiger partial charge in [0.2, 0.25) is 0 Å². The zero-order valence-electron chi connectivity index (χ0n) is 6.99. The predicted octanol–water partition coefficient (Wildman–Crippen LogP) is 0.811. The summed E-state index contributed by atoms with van der Waals surface area (Å²) in [7, 11) is 0. The molecule has 2 heteroatoms. The molecule has 1 aromatic carbocycles. The summed E-state index contributed by atoms with van der Waals surface area (Å²) in [6.45, 7) is 1.66. The van der Waals surface area contributed by atoms with Gasteiger partial charge in [-0.15, -0.1) is 0 Å². The Morgan fingerprint density at radius 2 is 2.08 bits per heavy atom. The van der Waals surface area contributed by atoms with Crippen LogP contribution in [-0.4, -0.2) is 16.3 Å². The van der Waals surface area contributed by atoms with Gasteiger partial charge in [0, 0.05) is 6.42 Å². The van der Waals surface area contributed by atoms with Gasteiger partial charge in [-0.05, 0) is 18.1 Å². The molecule has 2 atom stereocenters. The summed E-state index contributed by atoms with van der Waals surface area (Å²) in [5.74, 6) is 0. The van der Waals surface area contributed by atoms with E-state index < -0.39 is 11.7 Å². The van der Waals surface area contributed by atoms with Gasteiger partial charge in [-0.3, -0.25) is 0 Å². The van der Waals surface area contributed by atoms with Crippen LogP contribution in [0.25, 0.3) is 0 Å². The Morgan fingerprint density at radius 1 is 1.42 bits per heavy atom. The van der Waals surface area contributed by atoms with E-state index in [-0.39, 0.29) is 0 Å². The largest absolute Gasteiger partial charge is 0.389 e. The van der Waals surface area contributed by atoms with Crippen molar-refractivity contribution in [2.24, 2.45) is 0 Å². The monoisotopic (exact) mass is 164 g/mol. The molecule has 0 amide bonds. The molecular weight excluding hydrogens is 152 g/mol. The molecule has 64 valence electrons. The topological polar surface area (TPSA) is 40.5 Å². The van der Waals surface area contributed by atoms with Crippen LogP contribution < -0.4 is 0 Å². The van der Waals surface area contributed by atoms with Crippen LogP contribution in [0.2, 0.25) is 0 Å². The maximum atomic E-state index is 9.87. The van der Waals surface area contributed by atoms with Gasteiger partial charge < -0.3 is 10.2 Å². The highest BCUT2D eigenvalue weighted by molar-refractivity contribution is 5.38. The predicted molar refractivity (Wildman–Crippen MR) is 45.7 cm³/mol. The molecule has 2 nitrogen and oxygen atoms in total. The van der Waals surface area contributed by atoms with Crippen molar-refractivity contribution >= 4 is 0 Å². The summed E-state index contributed by atoms with van der Waals surface area (Å²) < 4.78 is 0. The number of fused-ring (bicyclic) bond motifs is 1. The Morgan fingerprint density at radius 3 is 2.75 bits per heavy atom. The minimum absolute atomic E-state index is 0.559. The third-order valence-electron chi connectivity index (χ3n) is 2.62. The van der Waals surface area contributed by atoms with Crippen LogP contribution in [0.1, 0.15) is 18.1 Å². The fourth-order valence-electron chi connectivity index (χ4n) is 1.78. The van der Waals surface area contributed by atoms with Crippen molar-refractivity contribution in [2.45, 2.75) is 25.0 Å². The first-order valence-electron chi connectivity index (χ1n) is 4.11. The van der Waals surface area contributed by atoms with Gasteiger partial charge in [0.05, 0.1) is 6.10 Å². The van der Waals surface area contributed by atoms with Crippen LogP contribution in [0.3, 0.4) is 0 Å². The maximum absolute atomic E-state index is 9.87. The van der Waals surface area contributed by atoms with Crippen molar-refractivity contribution in [3.63, 3.8) is 0 Å². The maximum Gasteiger partial charge on any atom is 0.113 e. The van der Waals surface area contributed by atoms with Crippen LogP contribution in [0.5, 0.6) is 0 Å². The van der Waals surface area contributed by atoms with Crippen LogP contribution in [-0.2, 0) is 12.0 Å². The van der Waals surface area contributed by atoms with Crippen LogP contribution >= 0.6 is 0 Å². The van der Waals surface area contributed by atoms with Crippen molar-refractivity contribution in [1.82, 2.24) is 0 Å². The second-order valence-electron chi connectivity index (χ2n) is 3.52. The summed E-state index contributed by atoms with van der Waals surface area (Å²) in [4.78, 5) is 0. The normalized spacial score (nSPS) is 33.4. The fourth-order valence-corrected chi connectivity index (χ4v) is 1.78. The molecule has 0 saturated heterocycles. The summed E-state index contributed by atoms with van der Waals surface area (Å²) in [6, 6.07) is 7.61. The summed E-state index contributed by atoms with van der Waals surface area (Å²) >= 11 is 0. The van der Waals surface area contributed by atoms with E-state index in [1.807, 2.05) is 24.3 Å². The Hall–Kier alpha value is -0.860. The molecule has 2 N–H and O–H groups in total. The smallest absolute Gasteiger partial charge is 0.113 e. The number of aliphatic hydroxyl groups excluding tert-OH is 1. The van der Waals surface area contributed by atoms with Crippen molar-refractivity contribution in [3.05, 3.63) is 35.4 Å². The van der Waals surface area contributed by atoms with Crippen molar-refractivity contribution < 1.29 is 10.2 Å². The van der Waals surface area contributed by atoms with Crippen LogP contribution in [0.4, 0.5) is 0 Å². The van der Waals surface area contributed by atoms with Gasteiger partial charge in [0.15, 0.2) is 0 Å². The van der Waals surface area contributed by atoms with E-state index in [1.54, 1.807) is 6.92 Å². The summed E-state index contributed by atoms with van der Waals surface area (Å²) in [5, 5.41) is 19.4. The van der Waals surface area contributed by atoms with Gasteiger partial charge in [-0.25, -0.2) is 0 Å². The lowest BCUT2D eigenvalue weighted by molar-refractivity contribution is -0.0529. The molecule has 1 aliphatic rings. The Labute approximate surface area is 71.5 Å². The molecule has 0 heterocycles. The Kier molecular flexibility index (Phi) is 1.50. The molecule has 0 fully saturated rings. The first-order valence-corrected chi connectivity index (χ1v) is 4.11. The highest BCUT2D eigenvalue weighted by Crippen LogP contribution is 2.36. The van der Waals surface area contributed by atoms with Gasteiger partial charge in [0.25, 0.3) is 0 Å². The minimum Gasteiger partial charge on any atom is -0.389 e. The highest BCUT2D eigenvalue weighted by Gasteiger charge is 2.39. The van der Waals surface area contributed by atoms with Crippen LogP contribution in [0, 0.1) is 0 Å². The lowest BCUT2D eigenvalue weighted by Crippen LogP contribution is -2.31. The first-order chi connectivity index (χ1) is 5.62. The second kappa shape index (κ2) is 2.31. The molecule has 1 aromatic rings. The Bertz CT molecular complexity index is 304. The van der Waals surface area contributed by atoms with E-state index in [1.165, 1.54) is 0 Å². The quantitative estimate of drug-likeness (QED) is 0.595. The third-order valence-corrected chi connectivity index (χ3v) is 2.62. The molecular formula is C10H12O2. The molecule has 0 aromatic heterocycles. The fraction of sp³-hybridized carbons (Fsp3) is 0.400. The van der Waals surface area contributed by atoms with Crippen LogP contribution in [0.15, 0.2) is 24.3 Å². The lowest BCUT2D eigenvalue weighted by atomic mass is 9.97. The van der Waals surface area contributed by atoms with Gasteiger partial charge >= 0.3 is 0 Å². The lowest BCUT2D eigenvalue weighted by Gasteiger charge is -2.21. The number of benzene rings is 1.